The molecule has 8 heteroatoms. The topological polar surface area (TPSA) is 67.0 Å². The summed E-state index contributed by atoms with van der Waals surface area (Å²) in [5, 5.41) is 9.81. The van der Waals surface area contributed by atoms with Gasteiger partial charge in [-0.1, -0.05) is 60.1 Å². The summed E-state index contributed by atoms with van der Waals surface area (Å²) in [6, 6.07) is 21.6. The Morgan fingerprint density at radius 1 is 1.00 bits per heavy atom. The molecule has 1 fully saturated rings. The molecule has 5 rings (SSSR count). The zero-order valence-corrected chi connectivity index (χ0v) is 17.5. The fourth-order valence-electron chi connectivity index (χ4n) is 3.53. The van der Waals surface area contributed by atoms with E-state index in [0.717, 1.165) is 41.4 Å². The number of anilines is 2. The number of rotatable bonds is 5. The number of benzene rings is 2. The average Bonchev–Trinajstić information content (AvgIpc) is 3.25. The van der Waals surface area contributed by atoms with Gasteiger partial charge in [-0.15, -0.1) is 0 Å². The molecule has 7 nitrogen and oxygen atoms in total. The third-order valence-corrected chi connectivity index (χ3v) is 5.45. The summed E-state index contributed by atoms with van der Waals surface area (Å²) >= 11 is 6.21. The van der Waals surface area contributed by atoms with E-state index >= 15 is 0 Å². The van der Waals surface area contributed by atoms with Crippen LogP contribution in [0.4, 0.5) is 11.6 Å². The average molecular weight is 433 g/mol. The van der Waals surface area contributed by atoms with Crippen LogP contribution in [0.3, 0.4) is 0 Å². The van der Waals surface area contributed by atoms with Crippen LogP contribution in [0.2, 0.25) is 5.02 Å². The van der Waals surface area contributed by atoms with E-state index in [1.54, 1.807) is 6.21 Å². The third-order valence-electron chi connectivity index (χ3n) is 5.10. The zero-order chi connectivity index (χ0) is 21.0. The Hall–Kier alpha value is -3.42. The van der Waals surface area contributed by atoms with Crippen LogP contribution in [-0.4, -0.2) is 47.1 Å². The van der Waals surface area contributed by atoms with Crippen LogP contribution in [0.25, 0.3) is 16.9 Å². The Morgan fingerprint density at radius 3 is 2.58 bits per heavy atom. The number of ether oxygens (including phenoxy) is 1. The number of hydrogen-bond donors (Lipinski definition) is 1. The van der Waals surface area contributed by atoms with Gasteiger partial charge >= 0.3 is 0 Å². The molecule has 3 heterocycles. The van der Waals surface area contributed by atoms with Crippen molar-refractivity contribution in [3.63, 3.8) is 0 Å². The number of hydrazone groups is 1. The van der Waals surface area contributed by atoms with Crippen molar-refractivity contribution in [2.24, 2.45) is 5.10 Å². The molecule has 0 radical (unpaired) electrons. The Kier molecular flexibility index (Phi) is 5.52. The molecular formula is C23H21ClN6O. The molecule has 1 saturated heterocycles. The van der Waals surface area contributed by atoms with Gasteiger partial charge in [-0.25, -0.2) is 4.98 Å². The Morgan fingerprint density at radius 2 is 1.77 bits per heavy atom. The highest BCUT2D eigenvalue weighted by Crippen LogP contribution is 2.25. The van der Waals surface area contributed by atoms with Gasteiger partial charge < -0.3 is 9.64 Å². The van der Waals surface area contributed by atoms with Gasteiger partial charge in [0.25, 0.3) is 0 Å². The molecule has 156 valence electrons. The summed E-state index contributed by atoms with van der Waals surface area (Å²) in [5.74, 6) is 1.59. The highest BCUT2D eigenvalue weighted by atomic mass is 35.5. The largest absolute Gasteiger partial charge is 0.378 e. The van der Waals surface area contributed by atoms with Crippen molar-refractivity contribution in [1.29, 1.82) is 0 Å². The molecule has 0 amide bonds. The van der Waals surface area contributed by atoms with Crippen molar-refractivity contribution < 1.29 is 4.74 Å². The van der Waals surface area contributed by atoms with Crippen molar-refractivity contribution >= 4 is 35.1 Å². The van der Waals surface area contributed by atoms with Gasteiger partial charge in [-0.2, -0.15) is 14.7 Å². The van der Waals surface area contributed by atoms with Gasteiger partial charge in [-0.3, -0.25) is 5.43 Å². The van der Waals surface area contributed by atoms with Gasteiger partial charge in [0.1, 0.15) is 5.82 Å². The van der Waals surface area contributed by atoms with Gasteiger partial charge in [0.05, 0.1) is 25.1 Å². The molecule has 31 heavy (non-hydrogen) atoms. The molecule has 1 N–H and O–H groups in total. The number of fused-ring (bicyclic) bond motifs is 1. The first-order valence-electron chi connectivity index (χ1n) is 10.1. The van der Waals surface area contributed by atoms with Crippen LogP contribution < -0.4 is 10.3 Å². The van der Waals surface area contributed by atoms with Crippen LogP contribution >= 0.6 is 11.6 Å². The van der Waals surface area contributed by atoms with Crippen LogP contribution in [0, 0.1) is 0 Å². The minimum atomic E-state index is 0.636. The SMILES string of the molecule is Clc1ccccc1/C=N/Nc1cc(N2CCOCC2)n2nc(-c3ccccc3)cc2n1. The maximum Gasteiger partial charge on any atom is 0.160 e. The quantitative estimate of drug-likeness (QED) is 0.375. The standard InChI is InChI=1S/C23H21ClN6O/c24-19-9-5-4-8-18(19)16-25-27-21-15-23(29-10-12-31-13-11-29)30-22(26-21)14-20(28-30)17-6-2-1-3-7-17/h1-9,14-16H,10-13H2,(H,26,27)/b25-16+. The van der Waals surface area contributed by atoms with Gasteiger partial charge in [0.2, 0.25) is 0 Å². The highest BCUT2D eigenvalue weighted by molar-refractivity contribution is 6.33. The van der Waals surface area contributed by atoms with Crippen molar-refractivity contribution in [1.82, 2.24) is 14.6 Å². The lowest BCUT2D eigenvalue weighted by atomic mass is 10.2. The lowest BCUT2D eigenvalue weighted by molar-refractivity contribution is 0.122. The first-order valence-corrected chi connectivity index (χ1v) is 10.5. The monoisotopic (exact) mass is 432 g/mol. The molecule has 0 saturated carbocycles. The molecule has 0 bridgehead atoms. The number of hydrogen-bond acceptors (Lipinski definition) is 6. The number of nitrogens with zero attached hydrogens (tertiary/aromatic N) is 5. The molecule has 1 aliphatic rings. The summed E-state index contributed by atoms with van der Waals surface area (Å²) in [6.07, 6.45) is 1.69. The fourth-order valence-corrected chi connectivity index (χ4v) is 3.72. The second-order valence-electron chi connectivity index (χ2n) is 7.16. The summed E-state index contributed by atoms with van der Waals surface area (Å²) in [7, 11) is 0. The van der Waals surface area contributed by atoms with E-state index in [0.29, 0.717) is 24.1 Å². The summed E-state index contributed by atoms with van der Waals surface area (Å²) < 4.78 is 7.41. The number of nitrogens with one attached hydrogen (secondary N) is 1. The molecule has 0 spiro atoms. The maximum absolute atomic E-state index is 6.21. The van der Waals surface area contributed by atoms with Crippen molar-refractivity contribution in [3.05, 3.63) is 77.3 Å². The van der Waals surface area contributed by atoms with Crippen LogP contribution in [0.15, 0.2) is 71.8 Å². The molecule has 1 aliphatic heterocycles. The van der Waals surface area contributed by atoms with Gasteiger partial charge in [-0.05, 0) is 6.07 Å². The summed E-state index contributed by atoms with van der Waals surface area (Å²) in [4.78, 5) is 6.97. The molecule has 0 aliphatic carbocycles. The lowest BCUT2D eigenvalue weighted by Crippen LogP contribution is -2.37. The summed E-state index contributed by atoms with van der Waals surface area (Å²) in [5.41, 5.74) is 6.55. The van der Waals surface area contributed by atoms with Crippen LogP contribution in [-0.2, 0) is 4.74 Å². The number of aromatic nitrogens is 3. The zero-order valence-electron chi connectivity index (χ0n) is 16.8. The van der Waals surface area contributed by atoms with E-state index < -0.39 is 0 Å². The van der Waals surface area contributed by atoms with E-state index in [2.05, 4.69) is 15.4 Å². The number of halogens is 1. The minimum Gasteiger partial charge on any atom is -0.378 e. The van der Waals surface area contributed by atoms with Crippen molar-refractivity contribution in [2.75, 3.05) is 36.6 Å². The van der Waals surface area contributed by atoms with E-state index in [4.69, 9.17) is 26.4 Å². The minimum absolute atomic E-state index is 0.636. The van der Waals surface area contributed by atoms with E-state index in [9.17, 15) is 0 Å². The van der Waals surface area contributed by atoms with Crippen molar-refractivity contribution in [2.45, 2.75) is 0 Å². The van der Waals surface area contributed by atoms with E-state index in [-0.39, 0.29) is 0 Å². The molecule has 2 aromatic heterocycles. The van der Waals surface area contributed by atoms with Crippen molar-refractivity contribution in [3.8, 4) is 11.3 Å². The first kappa shape index (κ1) is 19.5. The molecule has 4 aromatic rings. The maximum atomic E-state index is 6.21. The molecule has 2 aromatic carbocycles. The smallest absolute Gasteiger partial charge is 0.160 e. The second-order valence-corrected chi connectivity index (χ2v) is 7.56. The fraction of sp³-hybridized carbons (Fsp3) is 0.174. The van der Waals surface area contributed by atoms with Crippen LogP contribution in [0.1, 0.15) is 5.56 Å². The molecular weight excluding hydrogens is 412 g/mol. The van der Waals surface area contributed by atoms with Gasteiger partial charge in [0.15, 0.2) is 11.5 Å². The molecule has 0 atom stereocenters. The summed E-state index contributed by atoms with van der Waals surface area (Å²) in [6.45, 7) is 2.96. The normalized spacial score (nSPS) is 14.4. The van der Waals surface area contributed by atoms with E-state index in [1.165, 1.54) is 0 Å². The predicted molar refractivity (Wildman–Crippen MR) is 124 cm³/mol. The highest BCUT2D eigenvalue weighted by Gasteiger charge is 2.18. The van der Waals surface area contributed by atoms with Crippen LogP contribution in [0.5, 0.6) is 0 Å². The second kappa shape index (κ2) is 8.75. The van der Waals surface area contributed by atoms with E-state index in [1.807, 2.05) is 71.2 Å². The Labute approximate surface area is 184 Å². The molecule has 0 unspecified atom stereocenters. The van der Waals surface area contributed by atoms with Gasteiger partial charge in [0, 0.05) is 41.4 Å². The number of morpholine rings is 1. The first-order chi connectivity index (χ1) is 15.3. The lowest BCUT2D eigenvalue weighted by Gasteiger charge is -2.29. The Bertz CT molecular complexity index is 1220. The third kappa shape index (κ3) is 4.23. The Balaban J connectivity index is 1.51. The predicted octanol–water partition coefficient (Wildman–Crippen LogP) is 4.33.